The van der Waals surface area contributed by atoms with E-state index >= 15 is 0 Å². The number of piperidine rings is 1. The van der Waals surface area contributed by atoms with Gasteiger partial charge in [-0.05, 0) is 6.42 Å². The Morgan fingerprint density at radius 3 is 3.06 bits per heavy atom. The number of aromatic nitrogens is 2. The molecule has 1 saturated heterocycles. The van der Waals surface area contributed by atoms with Gasteiger partial charge in [0.15, 0.2) is 0 Å². The maximum atomic E-state index is 12.8. The number of nitrogens with zero attached hydrogens (tertiary/aromatic N) is 3. The Balaban J connectivity index is 1.98. The molecule has 1 aliphatic heterocycles. The Kier molecular flexibility index (Phi) is 2.98. The molecule has 16 heavy (non-hydrogen) atoms. The first-order chi connectivity index (χ1) is 7.65. The topological polar surface area (TPSA) is 58.1 Å². The molecule has 1 amide bonds. The minimum absolute atomic E-state index is 0.122. The Hall–Kier alpha value is -1.72. The number of hydrogen-bond acceptors (Lipinski definition) is 4. The summed E-state index contributed by atoms with van der Waals surface area (Å²) in [5, 5.41) is 3.09. The normalized spacial score (nSPS) is 21.0. The van der Waals surface area contributed by atoms with Crippen LogP contribution in [0.25, 0.3) is 0 Å². The summed E-state index contributed by atoms with van der Waals surface area (Å²) in [5.74, 6) is 0.0462. The van der Waals surface area contributed by atoms with E-state index in [4.69, 9.17) is 0 Å². The number of carbonyl (C=O) groups excluding carboxylic acids is 1. The van der Waals surface area contributed by atoms with Gasteiger partial charge >= 0.3 is 0 Å². The van der Waals surface area contributed by atoms with Crippen LogP contribution >= 0.6 is 0 Å². The van der Waals surface area contributed by atoms with Crippen molar-refractivity contribution in [3.05, 3.63) is 18.3 Å². The zero-order valence-electron chi connectivity index (χ0n) is 8.98. The second-order valence-electron chi connectivity index (χ2n) is 3.88. The van der Waals surface area contributed by atoms with E-state index in [1.165, 1.54) is 12.4 Å². The summed E-state index contributed by atoms with van der Waals surface area (Å²) in [6.45, 7) is 0.616. The average Bonchev–Trinajstić information content (AvgIpc) is 2.24. The molecule has 1 N–H and O–H groups in total. The summed E-state index contributed by atoms with van der Waals surface area (Å²) in [4.78, 5) is 20.2. The molecule has 1 atom stereocenters. The predicted octanol–water partition coefficient (Wildman–Crippen LogP) is 0.648. The molecule has 2 rings (SSSR count). The van der Waals surface area contributed by atoms with Gasteiger partial charge < -0.3 is 10.2 Å². The number of hydrogen-bond donors (Lipinski definition) is 1. The Labute approximate surface area is 92.7 Å². The lowest BCUT2D eigenvalue weighted by Crippen LogP contribution is -2.43. The third kappa shape index (κ3) is 2.44. The average molecular weight is 224 g/mol. The summed E-state index contributed by atoms with van der Waals surface area (Å²) in [5.41, 5.74) is 0. The van der Waals surface area contributed by atoms with Gasteiger partial charge in [0.1, 0.15) is 12.1 Å². The van der Waals surface area contributed by atoms with E-state index in [1.807, 2.05) is 0 Å². The molecule has 5 nitrogen and oxygen atoms in total. The third-order valence-electron chi connectivity index (χ3n) is 2.61. The first-order valence-electron chi connectivity index (χ1n) is 5.13. The number of halogens is 1. The lowest BCUT2D eigenvalue weighted by molar-refractivity contribution is -0.132. The van der Waals surface area contributed by atoms with Gasteiger partial charge in [0.2, 0.25) is 11.9 Å². The fourth-order valence-corrected chi connectivity index (χ4v) is 1.75. The molecule has 1 fully saturated rings. The van der Waals surface area contributed by atoms with Crippen LogP contribution in [0.15, 0.2) is 12.4 Å². The molecule has 0 aromatic carbocycles. The van der Waals surface area contributed by atoms with Crippen molar-refractivity contribution in [2.45, 2.75) is 18.9 Å². The molecule has 1 aromatic heterocycles. The van der Waals surface area contributed by atoms with Crippen molar-refractivity contribution in [1.82, 2.24) is 14.9 Å². The molecule has 0 radical (unpaired) electrons. The maximum Gasteiger partial charge on any atom is 0.222 e. The molecule has 6 heteroatoms. The highest BCUT2D eigenvalue weighted by atomic mass is 19.1. The third-order valence-corrected chi connectivity index (χ3v) is 2.61. The molecule has 1 aliphatic rings. The van der Waals surface area contributed by atoms with Gasteiger partial charge in [-0.1, -0.05) is 0 Å². The van der Waals surface area contributed by atoms with Crippen molar-refractivity contribution in [3.63, 3.8) is 0 Å². The quantitative estimate of drug-likeness (QED) is 0.749. The van der Waals surface area contributed by atoms with Crippen LogP contribution in [0.5, 0.6) is 0 Å². The first-order valence-corrected chi connectivity index (χ1v) is 5.13. The Bertz CT molecular complexity index is 398. The first kappa shape index (κ1) is 10.8. The highest BCUT2D eigenvalue weighted by Gasteiger charge is 2.22. The summed E-state index contributed by atoms with van der Waals surface area (Å²) in [6, 6.07) is 1.37. The van der Waals surface area contributed by atoms with Gasteiger partial charge in [-0.15, -0.1) is 0 Å². The van der Waals surface area contributed by atoms with Crippen molar-refractivity contribution in [2.75, 3.05) is 18.9 Å². The number of carbonyl (C=O) groups is 1. The zero-order valence-corrected chi connectivity index (χ0v) is 8.98. The molecule has 2 heterocycles. The van der Waals surface area contributed by atoms with E-state index in [0.29, 0.717) is 18.8 Å². The Morgan fingerprint density at radius 2 is 2.38 bits per heavy atom. The molecule has 86 valence electrons. The smallest absolute Gasteiger partial charge is 0.222 e. The SMILES string of the molecule is CN1CC(Nc2cc(F)ncn2)CCC1=O. The van der Waals surface area contributed by atoms with Crippen LogP contribution < -0.4 is 5.32 Å². The van der Waals surface area contributed by atoms with Gasteiger partial charge in [-0.25, -0.2) is 9.97 Å². The van der Waals surface area contributed by atoms with Crippen LogP contribution in [0.4, 0.5) is 10.2 Å². The van der Waals surface area contributed by atoms with Crippen LogP contribution in [0, 0.1) is 5.95 Å². The summed E-state index contributed by atoms with van der Waals surface area (Å²) >= 11 is 0. The minimum Gasteiger partial charge on any atom is -0.365 e. The number of amides is 1. The van der Waals surface area contributed by atoms with Crippen molar-refractivity contribution in [1.29, 1.82) is 0 Å². The summed E-state index contributed by atoms with van der Waals surface area (Å²) < 4.78 is 12.8. The number of nitrogens with one attached hydrogen (secondary N) is 1. The van der Waals surface area contributed by atoms with Crippen LogP contribution in [-0.4, -0.2) is 40.4 Å². The fraction of sp³-hybridized carbons (Fsp3) is 0.500. The van der Waals surface area contributed by atoms with Crippen LogP contribution in [-0.2, 0) is 4.79 Å². The van der Waals surface area contributed by atoms with Gasteiger partial charge in [-0.2, -0.15) is 4.39 Å². The zero-order chi connectivity index (χ0) is 11.5. The minimum atomic E-state index is -0.558. The molecule has 1 aromatic rings. The van der Waals surface area contributed by atoms with E-state index < -0.39 is 5.95 Å². The number of anilines is 1. The van der Waals surface area contributed by atoms with Gasteiger partial charge in [0.05, 0.1) is 0 Å². The molecule has 1 unspecified atom stereocenters. The molecular weight excluding hydrogens is 211 g/mol. The largest absolute Gasteiger partial charge is 0.365 e. The number of rotatable bonds is 2. The summed E-state index contributed by atoms with van der Waals surface area (Å²) in [7, 11) is 1.76. The van der Waals surface area contributed by atoms with Gasteiger partial charge in [0, 0.05) is 32.1 Å². The van der Waals surface area contributed by atoms with E-state index in [1.54, 1.807) is 11.9 Å². The molecular formula is C10H13FN4O. The molecule has 0 aliphatic carbocycles. The maximum absolute atomic E-state index is 12.8. The highest BCUT2D eigenvalue weighted by molar-refractivity contribution is 5.76. The molecule has 0 spiro atoms. The van der Waals surface area contributed by atoms with Crippen LogP contribution in [0.2, 0.25) is 0 Å². The second-order valence-corrected chi connectivity index (χ2v) is 3.88. The lowest BCUT2D eigenvalue weighted by atomic mass is 10.1. The van der Waals surface area contributed by atoms with E-state index in [2.05, 4.69) is 15.3 Å². The second kappa shape index (κ2) is 4.42. The number of likely N-dealkylation sites (N-methyl/N-ethyl adjacent to an activating group) is 1. The molecule has 0 saturated carbocycles. The number of likely N-dealkylation sites (tertiary alicyclic amines) is 1. The fourth-order valence-electron chi connectivity index (χ4n) is 1.75. The van der Waals surface area contributed by atoms with E-state index in [9.17, 15) is 9.18 Å². The highest BCUT2D eigenvalue weighted by Crippen LogP contribution is 2.14. The van der Waals surface area contributed by atoms with Crippen molar-refractivity contribution < 1.29 is 9.18 Å². The van der Waals surface area contributed by atoms with Gasteiger partial charge in [0.25, 0.3) is 0 Å². The molecule has 0 bridgehead atoms. The van der Waals surface area contributed by atoms with E-state index in [-0.39, 0.29) is 11.9 Å². The lowest BCUT2D eigenvalue weighted by Gasteiger charge is -2.30. The van der Waals surface area contributed by atoms with Crippen LogP contribution in [0.3, 0.4) is 0 Å². The van der Waals surface area contributed by atoms with Crippen molar-refractivity contribution in [3.8, 4) is 0 Å². The van der Waals surface area contributed by atoms with Gasteiger partial charge in [-0.3, -0.25) is 4.79 Å². The van der Waals surface area contributed by atoms with Crippen LogP contribution in [0.1, 0.15) is 12.8 Å². The van der Waals surface area contributed by atoms with E-state index in [0.717, 1.165) is 6.42 Å². The standard InChI is InChI=1S/C10H13FN4O/c1-15-5-7(2-3-10(15)16)14-9-4-8(11)12-6-13-9/h4,6-7H,2-3,5H2,1H3,(H,12,13,14). The monoisotopic (exact) mass is 224 g/mol. The predicted molar refractivity (Wildman–Crippen MR) is 56.3 cm³/mol. The Morgan fingerprint density at radius 1 is 1.56 bits per heavy atom. The van der Waals surface area contributed by atoms with Crippen molar-refractivity contribution >= 4 is 11.7 Å². The summed E-state index contributed by atoms with van der Waals surface area (Å²) in [6.07, 6.45) is 2.44. The van der Waals surface area contributed by atoms with Crippen molar-refractivity contribution in [2.24, 2.45) is 0 Å².